The lowest BCUT2D eigenvalue weighted by Gasteiger charge is -2.11. The van der Waals surface area contributed by atoms with Crippen molar-refractivity contribution in [2.24, 2.45) is 0 Å². The first-order chi connectivity index (χ1) is 11.1. The van der Waals surface area contributed by atoms with E-state index in [9.17, 15) is 10.1 Å². The van der Waals surface area contributed by atoms with Crippen LogP contribution in [0, 0.1) is 18.3 Å². The average Bonchev–Trinajstić information content (AvgIpc) is 3.38. The summed E-state index contributed by atoms with van der Waals surface area (Å²) in [7, 11) is 1.60. The lowest BCUT2D eigenvalue weighted by atomic mass is 9.98. The van der Waals surface area contributed by atoms with Crippen LogP contribution in [0.25, 0.3) is 11.1 Å². The number of methoxy groups -OCH3 is 1. The Morgan fingerprint density at radius 2 is 2.04 bits per heavy atom. The Kier molecular flexibility index (Phi) is 3.98. The first-order valence-corrected chi connectivity index (χ1v) is 7.49. The van der Waals surface area contributed by atoms with Crippen LogP contribution >= 0.6 is 0 Å². The molecule has 0 atom stereocenters. The fraction of sp³-hybridized carbons (Fsp3) is 0.278. The van der Waals surface area contributed by atoms with Crippen LogP contribution in [-0.2, 0) is 0 Å². The molecular weight excluding hydrogens is 290 g/mol. The van der Waals surface area contributed by atoms with Gasteiger partial charge < -0.3 is 10.1 Å². The maximum atomic E-state index is 12.3. The highest BCUT2D eigenvalue weighted by Gasteiger charge is 2.25. The third-order valence-electron chi connectivity index (χ3n) is 3.86. The predicted octanol–water partition coefficient (Wildman–Crippen LogP) is 2.83. The zero-order chi connectivity index (χ0) is 16.4. The summed E-state index contributed by atoms with van der Waals surface area (Å²) >= 11 is 0. The van der Waals surface area contributed by atoms with Gasteiger partial charge >= 0.3 is 0 Å². The molecule has 5 nitrogen and oxygen atoms in total. The zero-order valence-electron chi connectivity index (χ0n) is 13.1. The van der Waals surface area contributed by atoms with Gasteiger partial charge in [-0.3, -0.25) is 4.79 Å². The van der Waals surface area contributed by atoms with Crippen molar-refractivity contribution in [1.29, 1.82) is 5.26 Å². The van der Waals surface area contributed by atoms with Crippen LogP contribution in [0.1, 0.15) is 34.6 Å². The molecule has 1 aliphatic rings. The fourth-order valence-electron chi connectivity index (χ4n) is 2.42. The van der Waals surface area contributed by atoms with E-state index >= 15 is 0 Å². The SMILES string of the molecule is COc1ccc(-c2cc(C(=O)NC3CC3)nc(C)c2C#N)cc1. The number of carbonyl (C=O) groups excluding carboxylic acids is 1. The minimum Gasteiger partial charge on any atom is -0.497 e. The Morgan fingerprint density at radius 1 is 1.35 bits per heavy atom. The van der Waals surface area contributed by atoms with Gasteiger partial charge in [-0.05, 0) is 43.5 Å². The lowest BCUT2D eigenvalue weighted by molar-refractivity contribution is 0.0946. The highest BCUT2D eigenvalue weighted by molar-refractivity contribution is 5.94. The molecule has 0 radical (unpaired) electrons. The number of amides is 1. The number of hydrogen-bond acceptors (Lipinski definition) is 4. The van der Waals surface area contributed by atoms with E-state index in [-0.39, 0.29) is 11.9 Å². The van der Waals surface area contributed by atoms with E-state index in [2.05, 4.69) is 16.4 Å². The molecule has 0 unspecified atom stereocenters. The van der Waals surface area contributed by atoms with Crippen LogP contribution in [0.5, 0.6) is 5.75 Å². The van der Waals surface area contributed by atoms with Crippen LogP contribution in [0.2, 0.25) is 0 Å². The molecule has 1 aromatic heterocycles. The van der Waals surface area contributed by atoms with Gasteiger partial charge in [0, 0.05) is 11.6 Å². The topological polar surface area (TPSA) is 75.0 Å². The molecule has 1 saturated carbocycles. The number of aromatic nitrogens is 1. The summed E-state index contributed by atoms with van der Waals surface area (Å²) in [6.45, 7) is 1.75. The molecule has 2 aromatic rings. The Bertz CT molecular complexity index is 787. The van der Waals surface area contributed by atoms with Gasteiger partial charge in [-0.15, -0.1) is 0 Å². The van der Waals surface area contributed by atoms with Crippen LogP contribution in [-0.4, -0.2) is 24.0 Å². The molecule has 1 amide bonds. The monoisotopic (exact) mass is 307 g/mol. The van der Waals surface area contributed by atoms with Crippen molar-refractivity contribution in [2.75, 3.05) is 7.11 Å². The third-order valence-corrected chi connectivity index (χ3v) is 3.86. The number of carbonyl (C=O) groups is 1. The van der Waals surface area contributed by atoms with Gasteiger partial charge in [0.25, 0.3) is 5.91 Å². The first-order valence-electron chi connectivity index (χ1n) is 7.49. The first kappa shape index (κ1) is 15.0. The minimum absolute atomic E-state index is 0.185. The maximum absolute atomic E-state index is 12.3. The molecule has 1 aromatic carbocycles. The summed E-state index contributed by atoms with van der Waals surface area (Å²) in [6, 6.07) is 11.5. The molecule has 0 bridgehead atoms. The van der Waals surface area contributed by atoms with Crippen molar-refractivity contribution < 1.29 is 9.53 Å². The maximum Gasteiger partial charge on any atom is 0.270 e. The third kappa shape index (κ3) is 3.16. The van der Waals surface area contributed by atoms with Gasteiger partial charge in [0.05, 0.1) is 18.4 Å². The Labute approximate surface area is 134 Å². The summed E-state index contributed by atoms with van der Waals surface area (Å²) in [5, 5.41) is 12.4. The van der Waals surface area contributed by atoms with Crippen molar-refractivity contribution in [1.82, 2.24) is 10.3 Å². The van der Waals surface area contributed by atoms with Crippen molar-refractivity contribution in [3.8, 4) is 22.9 Å². The van der Waals surface area contributed by atoms with Gasteiger partial charge in [0.2, 0.25) is 0 Å². The van der Waals surface area contributed by atoms with E-state index in [4.69, 9.17) is 4.74 Å². The van der Waals surface area contributed by atoms with Crippen LogP contribution < -0.4 is 10.1 Å². The second kappa shape index (κ2) is 6.09. The standard InChI is InChI=1S/C18H17N3O2/c1-11-16(10-19)15(12-3-7-14(23-2)8-4-12)9-17(20-11)18(22)21-13-5-6-13/h3-4,7-9,13H,5-6H2,1-2H3,(H,21,22). The molecular formula is C18H17N3O2. The zero-order valence-corrected chi connectivity index (χ0v) is 13.1. The second-order valence-electron chi connectivity index (χ2n) is 5.60. The summed E-state index contributed by atoms with van der Waals surface area (Å²) in [5.41, 5.74) is 2.95. The summed E-state index contributed by atoms with van der Waals surface area (Å²) < 4.78 is 5.16. The van der Waals surface area contributed by atoms with E-state index in [1.165, 1.54) is 0 Å². The number of aryl methyl sites for hydroxylation is 1. The van der Waals surface area contributed by atoms with Crippen molar-refractivity contribution >= 4 is 5.91 Å². The molecule has 1 fully saturated rings. The van der Waals surface area contributed by atoms with Gasteiger partial charge in [0.15, 0.2) is 0 Å². The quantitative estimate of drug-likeness (QED) is 0.942. The van der Waals surface area contributed by atoms with Gasteiger partial charge in [-0.25, -0.2) is 4.98 Å². The molecule has 0 aliphatic heterocycles. The number of nitrogens with zero attached hydrogens (tertiary/aromatic N) is 2. The summed E-state index contributed by atoms with van der Waals surface area (Å²) in [5.74, 6) is 0.555. The predicted molar refractivity (Wildman–Crippen MR) is 86.2 cm³/mol. The number of nitriles is 1. The normalized spacial score (nSPS) is 13.3. The number of ether oxygens (including phenoxy) is 1. The van der Waals surface area contributed by atoms with Crippen LogP contribution in [0.4, 0.5) is 0 Å². The van der Waals surface area contributed by atoms with E-state index in [0.717, 1.165) is 24.2 Å². The highest BCUT2D eigenvalue weighted by Crippen LogP contribution is 2.28. The fourth-order valence-corrected chi connectivity index (χ4v) is 2.42. The van der Waals surface area contributed by atoms with E-state index < -0.39 is 0 Å². The number of benzene rings is 1. The van der Waals surface area contributed by atoms with Gasteiger partial charge in [-0.1, -0.05) is 12.1 Å². The Hall–Kier alpha value is -2.87. The molecule has 1 heterocycles. The minimum atomic E-state index is -0.185. The molecule has 1 N–H and O–H groups in total. The smallest absolute Gasteiger partial charge is 0.270 e. The van der Waals surface area contributed by atoms with E-state index in [1.54, 1.807) is 20.1 Å². The largest absolute Gasteiger partial charge is 0.497 e. The molecule has 1 aliphatic carbocycles. The molecule has 23 heavy (non-hydrogen) atoms. The number of hydrogen-bond donors (Lipinski definition) is 1. The van der Waals surface area contributed by atoms with Crippen molar-refractivity contribution in [2.45, 2.75) is 25.8 Å². The van der Waals surface area contributed by atoms with Gasteiger partial charge in [0.1, 0.15) is 17.5 Å². The molecule has 3 rings (SSSR count). The van der Waals surface area contributed by atoms with E-state index in [1.807, 2.05) is 24.3 Å². The van der Waals surface area contributed by atoms with Crippen LogP contribution in [0.3, 0.4) is 0 Å². The number of pyridine rings is 1. The van der Waals surface area contributed by atoms with Crippen molar-refractivity contribution in [3.63, 3.8) is 0 Å². The highest BCUT2D eigenvalue weighted by atomic mass is 16.5. The Balaban J connectivity index is 2.03. The molecule has 0 saturated heterocycles. The van der Waals surface area contributed by atoms with Crippen molar-refractivity contribution in [3.05, 3.63) is 47.3 Å². The second-order valence-corrected chi connectivity index (χ2v) is 5.60. The van der Waals surface area contributed by atoms with Crippen LogP contribution in [0.15, 0.2) is 30.3 Å². The van der Waals surface area contributed by atoms with E-state index in [0.29, 0.717) is 22.5 Å². The summed E-state index contributed by atoms with van der Waals surface area (Å²) in [6.07, 6.45) is 2.04. The van der Waals surface area contributed by atoms with Gasteiger partial charge in [-0.2, -0.15) is 5.26 Å². The molecule has 116 valence electrons. The molecule has 0 spiro atoms. The Morgan fingerprint density at radius 3 is 2.61 bits per heavy atom. The summed E-state index contributed by atoms with van der Waals surface area (Å²) in [4.78, 5) is 16.5. The number of rotatable bonds is 4. The molecule has 5 heteroatoms. The number of nitrogens with one attached hydrogen (secondary N) is 1. The average molecular weight is 307 g/mol. The lowest BCUT2D eigenvalue weighted by Crippen LogP contribution is -2.26.